The molecule has 0 saturated heterocycles. The molecule has 0 aromatic carbocycles. The predicted molar refractivity (Wildman–Crippen MR) is 64.5 cm³/mol. The van der Waals surface area contributed by atoms with E-state index < -0.39 is 0 Å². The number of hydrogen-bond acceptors (Lipinski definition) is 2. The van der Waals surface area contributed by atoms with Gasteiger partial charge < -0.3 is 4.98 Å². The Kier molecular flexibility index (Phi) is 3.04. The highest BCUT2D eigenvalue weighted by Crippen LogP contribution is 2.18. The first kappa shape index (κ1) is 10.9. The number of aromatic amines is 1. The van der Waals surface area contributed by atoms with E-state index in [-0.39, 0.29) is 5.78 Å². The Labute approximate surface area is 94.9 Å². The van der Waals surface area contributed by atoms with Crippen molar-refractivity contribution in [2.24, 2.45) is 5.92 Å². The normalized spacial score (nSPS) is 11.2. The molecule has 3 nitrogen and oxygen atoms in total. The summed E-state index contributed by atoms with van der Waals surface area (Å²) in [5, 5.41) is 0.927. The Morgan fingerprint density at radius 1 is 1.50 bits per heavy atom. The van der Waals surface area contributed by atoms with E-state index in [0.29, 0.717) is 12.3 Å². The number of carbonyl (C=O) groups excluding carboxylic acids is 1. The van der Waals surface area contributed by atoms with Gasteiger partial charge in [-0.25, -0.2) is 4.98 Å². The average molecular weight is 216 g/mol. The third-order valence-corrected chi connectivity index (χ3v) is 2.70. The largest absolute Gasteiger partial charge is 0.345 e. The van der Waals surface area contributed by atoms with Crippen LogP contribution in [0.5, 0.6) is 0 Å². The van der Waals surface area contributed by atoms with E-state index in [4.69, 9.17) is 0 Å². The number of Topliss-reactive ketones (excluding diaryl/α,β-unsaturated/α-hetero) is 1. The molecule has 0 fully saturated rings. The number of fused-ring (bicyclic) bond motifs is 1. The van der Waals surface area contributed by atoms with Crippen molar-refractivity contribution < 1.29 is 4.79 Å². The van der Waals surface area contributed by atoms with Gasteiger partial charge in [-0.2, -0.15) is 0 Å². The first-order chi connectivity index (χ1) is 7.68. The van der Waals surface area contributed by atoms with Crippen LogP contribution in [-0.4, -0.2) is 15.8 Å². The van der Waals surface area contributed by atoms with Crippen LogP contribution in [0.25, 0.3) is 11.0 Å². The molecule has 2 aromatic rings. The van der Waals surface area contributed by atoms with Crippen molar-refractivity contribution >= 4 is 16.8 Å². The second-order valence-corrected chi connectivity index (χ2v) is 4.46. The second-order valence-electron chi connectivity index (χ2n) is 4.46. The molecule has 2 heterocycles. The van der Waals surface area contributed by atoms with Crippen LogP contribution in [0, 0.1) is 5.92 Å². The van der Waals surface area contributed by atoms with E-state index in [1.807, 2.05) is 12.1 Å². The van der Waals surface area contributed by atoms with E-state index >= 15 is 0 Å². The Morgan fingerprint density at radius 2 is 2.31 bits per heavy atom. The summed E-state index contributed by atoms with van der Waals surface area (Å²) in [6.07, 6.45) is 5.03. The van der Waals surface area contributed by atoms with E-state index in [9.17, 15) is 4.79 Å². The highest BCUT2D eigenvalue weighted by atomic mass is 16.1. The topological polar surface area (TPSA) is 45.8 Å². The number of aromatic nitrogens is 2. The third-order valence-electron chi connectivity index (χ3n) is 2.70. The van der Waals surface area contributed by atoms with Crippen LogP contribution in [0.15, 0.2) is 24.5 Å². The average Bonchev–Trinajstić information content (AvgIpc) is 2.69. The maximum Gasteiger partial charge on any atom is 0.165 e. The lowest BCUT2D eigenvalue weighted by atomic mass is 10.0. The monoisotopic (exact) mass is 216 g/mol. The summed E-state index contributed by atoms with van der Waals surface area (Å²) in [6, 6.07) is 3.79. The number of rotatable bonds is 4. The molecular weight excluding hydrogens is 200 g/mol. The van der Waals surface area contributed by atoms with Crippen LogP contribution < -0.4 is 0 Å². The first-order valence-electron chi connectivity index (χ1n) is 5.64. The Morgan fingerprint density at radius 3 is 3.06 bits per heavy atom. The highest BCUT2D eigenvalue weighted by molar-refractivity contribution is 6.06. The van der Waals surface area contributed by atoms with Crippen LogP contribution in [0.1, 0.15) is 37.0 Å². The zero-order valence-electron chi connectivity index (χ0n) is 9.66. The molecule has 3 heteroatoms. The molecule has 0 bridgehead atoms. The van der Waals surface area contributed by atoms with Gasteiger partial charge in [-0.15, -0.1) is 0 Å². The van der Waals surface area contributed by atoms with Crippen LogP contribution in [0.2, 0.25) is 0 Å². The second kappa shape index (κ2) is 4.47. The van der Waals surface area contributed by atoms with Gasteiger partial charge in [0.15, 0.2) is 5.78 Å². The molecule has 0 unspecified atom stereocenters. The van der Waals surface area contributed by atoms with Gasteiger partial charge in [-0.1, -0.05) is 13.8 Å². The van der Waals surface area contributed by atoms with Crippen molar-refractivity contribution in [1.82, 2.24) is 9.97 Å². The van der Waals surface area contributed by atoms with Crippen molar-refractivity contribution in [3.05, 3.63) is 30.1 Å². The van der Waals surface area contributed by atoms with Crippen LogP contribution in [0.3, 0.4) is 0 Å². The van der Waals surface area contributed by atoms with Gasteiger partial charge in [0.25, 0.3) is 0 Å². The van der Waals surface area contributed by atoms with Gasteiger partial charge >= 0.3 is 0 Å². The lowest BCUT2D eigenvalue weighted by molar-refractivity contribution is 0.0977. The van der Waals surface area contributed by atoms with Crippen molar-refractivity contribution in [3.63, 3.8) is 0 Å². The maximum absolute atomic E-state index is 12.0. The highest BCUT2D eigenvalue weighted by Gasteiger charge is 2.12. The summed E-state index contributed by atoms with van der Waals surface area (Å²) in [5.41, 5.74) is 1.55. The summed E-state index contributed by atoms with van der Waals surface area (Å²) in [6.45, 7) is 4.26. The van der Waals surface area contributed by atoms with Crippen molar-refractivity contribution in [2.75, 3.05) is 0 Å². The van der Waals surface area contributed by atoms with E-state index in [2.05, 4.69) is 23.8 Å². The molecule has 2 rings (SSSR count). The number of carbonyl (C=O) groups is 1. The minimum Gasteiger partial charge on any atom is -0.345 e. The molecule has 0 aliphatic carbocycles. The molecule has 0 atom stereocenters. The molecule has 0 amide bonds. The third kappa shape index (κ3) is 2.13. The van der Waals surface area contributed by atoms with Crippen LogP contribution in [0.4, 0.5) is 0 Å². The Bertz CT molecular complexity index is 499. The van der Waals surface area contributed by atoms with E-state index in [1.165, 1.54) is 0 Å². The lowest BCUT2D eigenvalue weighted by Gasteiger charge is -2.02. The fraction of sp³-hybridized carbons (Fsp3) is 0.385. The molecule has 0 aliphatic heterocycles. The predicted octanol–water partition coefficient (Wildman–Crippen LogP) is 3.18. The standard InChI is InChI=1S/C13H16N2O/c1-9(2)5-6-12(16)11-8-15-13-10(11)4-3-7-14-13/h3-4,7-9H,5-6H2,1-2H3,(H,14,15). The quantitative estimate of drug-likeness (QED) is 0.798. The van der Waals surface area contributed by atoms with E-state index in [1.54, 1.807) is 12.4 Å². The number of pyridine rings is 1. The maximum atomic E-state index is 12.0. The first-order valence-corrected chi connectivity index (χ1v) is 5.64. The van der Waals surface area contributed by atoms with E-state index in [0.717, 1.165) is 23.0 Å². The van der Waals surface area contributed by atoms with Crippen LogP contribution >= 0.6 is 0 Å². The molecule has 0 spiro atoms. The summed E-state index contributed by atoms with van der Waals surface area (Å²) in [4.78, 5) is 19.2. The van der Waals surface area contributed by atoms with Gasteiger partial charge in [0.05, 0.1) is 0 Å². The zero-order chi connectivity index (χ0) is 11.5. The molecule has 0 radical (unpaired) electrons. The van der Waals surface area contributed by atoms with Crippen molar-refractivity contribution in [1.29, 1.82) is 0 Å². The summed E-state index contributed by atoms with van der Waals surface area (Å²) in [7, 11) is 0. The number of nitrogens with one attached hydrogen (secondary N) is 1. The minimum atomic E-state index is 0.202. The molecule has 84 valence electrons. The van der Waals surface area contributed by atoms with Gasteiger partial charge in [-0.05, 0) is 24.5 Å². The minimum absolute atomic E-state index is 0.202. The van der Waals surface area contributed by atoms with Gasteiger partial charge in [0.1, 0.15) is 5.65 Å². The SMILES string of the molecule is CC(C)CCC(=O)c1c[nH]c2ncccc12. The Balaban J connectivity index is 2.23. The number of nitrogens with zero attached hydrogens (tertiary/aromatic N) is 1. The zero-order valence-corrected chi connectivity index (χ0v) is 9.66. The lowest BCUT2D eigenvalue weighted by Crippen LogP contribution is -2.00. The molecule has 0 aliphatic rings. The van der Waals surface area contributed by atoms with Gasteiger partial charge in [-0.3, -0.25) is 4.79 Å². The summed E-state index contributed by atoms with van der Waals surface area (Å²) < 4.78 is 0. The fourth-order valence-electron chi connectivity index (χ4n) is 1.74. The fourth-order valence-corrected chi connectivity index (χ4v) is 1.74. The summed E-state index contributed by atoms with van der Waals surface area (Å²) in [5.74, 6) is 0.764. The molecule has 16 heavy (non-hydrogen) atoms. The summed E-state index contributed by atoms with van der Waals surface area (Å²) >= 11 is 0. The smallest absolute Gasteiger partial charge is 0.165 e. The van der Waals surface area contributed by atoms with Crippen molar-refractivity contribution in [2.45, 2.75) is 26.7 Å². The van der Waals surface area contributed by atoms with Gasteiger partial charge in [0.2, 0.25) is 0 Å². The number of ketones is 1. The molecule has 0 saturated carbocycles. The number of H-pyrrole nitrogens is 1. The Hall–Kier alpha value is -1.64. The molecule has 1 N–H and O–H groups in total. The number of hydrogen-bond donors (Lipinski definition) is 1. The van der Waals surface area contributed by atoms with Crippen LogP contribution in [-0.2, 0) is 0 Å². The molecule has 2 aromatic heterocycles. The van der Waals surface area contributed by atoms with Crippen molar-refractivity contribution in [3.8, 4) is 0 Å². The van der Waals surface area contributed by atoms with Gasteiger partial charge in [0, 0.05) is 29.8 Å². The molecular formula is C13H16N2O.